The number of ether oxygens (including phenoxy) is 2. The molecule has 216 valence electrons. The highest BCUT2D eigenvalue weighted by Crippen LogP contribution is 2.15. The van der Waals surface area contributed by atoms with E-state index in [-0.39, 0.29) is 0 Å². The van der Waals surface area contributed by atoms with E-state index in [4.69, 9.17) is 33.9 Å². The highest BCUT2D eigenvalue weighted by molar-refractivity contribution is 7.80. The second kappa shape index (κ2) is 19.4. The Labute approximate surface area is 245 Å². The largest absolute Gasteiger partial charge is 0.494 e. The van der Waals surface area contributed by atoms with Gasteiger partial charge in [-0.3, -0.25) is 0 Å². The lowest BCUT2D eigenvalue weighted by Crippen LogP contribution is -2.39. The molecular weight excluding hydrogens is 528 g/mol. The number of benzene rings is 2. The van der Waals surface area contributed by atoms with E-state index in [2.05, 4.69) is 83.5 Å². The number of rotatable bonds is 18. The molecule has 0 saturated carbocycles. The monoisotopic (exact) mass is 574 g/mol. The number of nitrogens with zero attached hydrogens (tertiary/aromatic N) is 2. The second-order valence-electron chi connectivity index (χ2n) is 9.89. The summed E-state index contributed by atoms with van der Waals surface area (Å²) in [5, 5.41) is 14.3. The van der Waals surface area contributed by atoms with Gasteiger partial charge in [-0.15, -0.1) is 0 Å². The number of nitrogens with one attached hydrogen (secondary N) is 4. The summed E-state index contributed by atoms with van der Waals surface area (Å²) < 4.78 is 11.7. The number of hydrogen-bond donors (Lipinski definition) is 4. The third kappa shape index (κ3) is 16.1. The van der Waals surface area contributed by atoms with Crippen LogP contribution in [0.2, 0.25) is 0 Å². The van der Waals surface area contributed by atoms with Gasteiger partial charge >= 0.3 is 0 Å². The molecule has 0 aliphatic rings. The molecule has 2 aromatic carbocycles. The van der Waals surface area contributed by atoms with Gasteiger partial charge in [0.1, 0.15) is 11.5 Å². The van der Waals surface area contributed by atoms with Crippen LogP contribution < -0.4 is 30.7 Å². The Morgan fingerprint density at radius 2 is 1.00 bits per heavy atom. The molecule has 0 atom stereocenters. The molecule has 0 unspecified atom stereocenters. The third-order valence-electron chi connectivity index (χ3n) is 5.47. The Kier molecular flexibility index (Phi) is 16.2. The van der Waals surface area contributed by atoms with Crippen molar-refractivity contribution in [2.24, 2.45) is 0 Å². The van der Waals surface area contributed by atoms with Crippen LogP contribution in [0.1, 0.15) is 30.4 Å². The second-order valence-corrected chi connectivity index (χ2v) is 10.7. The van der Waals surface area contributed by atoms with Crippen molar-refractivity contribution in [1.29, 1.82) is 0 Å². The molecule has 0 aliphatic heterocycles. The van der Waals surface area contributed by atoms with E-state index in [0.29, 0.717) is 23.4 Å². The summed E-state index contributed by atoms with van der Waals surface area (Å²) >= 11 is 10.7. The lowest BCUT2D eigenvalue weighted by atomic mass is 10.2. The first kappa shape index (κ1) is 32.6. The minimum Gasteiger partial charge on any atom is -0.494 e. The van der Waals surface area contributed by atoms with Gasteiger partial charge in [0.05, 0.1) is 13.2 Å². The summed E-state index contributed by atoms with van der Waals surface area (Å²) in [5.41, 5.74) is 2.49. The normalized spacial score (nSPS) is 10.8. The smallest absolute Gasteiger partial charge is 0.166 e. The molecule has 0 aromatic heterocycles. The molecule has 0 aliphatic carbocycles. The van der Waals surface area contributed by atoms with Gasteiger partial charge in [0, 0.05) is 39.3 Å². The first-order chi connectivity index (χ1) is 18.8. The highest BCUT2D eigenvalue weighted by Gasteiger charge is 2.01. The molecule has 0 heterocycles. The van der Waals surface area contributed by atoms with Crippen LogP contribution in [0.15, 0.2) is 48.5 Å². The SMILES string of the molecule is CN(C)Cc1cccc(OCCCNC(=S)NCCCNC(=S)NCCCOc2cccc(CN(C)C)c2)c1. The average molecular weight is 575 g/mol. The molecule has 10 heteroatoms. The summed E-state index contributed by atoms with van der Waals surface area (Å²) in [7, 11) is 8.25. The maximum atomic E-state index is 5.87. The van der Waals surface area contributed by atoms with Gasteiger partial charge in [0.25, 0.3) is 0 Å². The summed E-state index contributed by atoms with van der Waals surface area (Å²) in [4.78, 5) is 4.29. The summed E-state index contributed by atoms with van der Waals surface area (Å²) in [6, 6.07) is 16.5. The Balaban J connectivity index is 1.42. The first-order valence-corrected chi connectivity index (χ1v) is 14.4. The van der Waals surface area contributed by atoms with Crippen LogP contribution in [0.25, 0.3) is 0 Å². The molecule has 2 rings (SSSR count). The Morgan fingerprint density at radius 1 is 0.615 bits per heavy atom. The van der Waals surface area contributed by atoms with Crippen LogP contribution in [0.4, 0.5) is 0 Å². The summed E-state index contributed by atoms with van der Waals surface area (Å²) in [6.07, 6.45) is 2.65. The minimum atomic E-state index is 0.644. The van der Waals surface area contributed by atoms with Crippen molar-refractivity contribution in [3.8, 4) is 11.5 Å². The molecule has 0 amide bonds. The van der Waals surface area contributed by atoms with E-state index in [1.54, 1.807) is 0 Å². The van der Waals surface area contributed by atoms with Gasteiger partial charge < -0.3 is 40.5 Å². The predicted molar refractivity (Wildman–Crippen MR) is 170 cm³/mol. The van der Waals surface area contributed by atoms with Crippen molar-refractivity contribution in [3.63, 3.8) is 0 Å². The molecule has 0 fully saturated rings. The standard InChI is InChI=1S/C29H46N6O2S2/c1-34(2)22-24-10-5-12-26(20-24)36-18-8-16-32-28(38)30-14-7-15-31-29(39)33-17-9-19-37-27-13-6-11-25(21-27)23-35(3)4/h5-6,10-13,20-21H,7-9,14-19,22-23H2,1-4H3,(H2,30,32,38)(H2,31,33,39). The van der Waals surface area contributed by atoms with Gasteiger partial charge in [-0.05, 0) is 107 Å². The van der Waals surface area contributed by atoms with Gasteiger partial charge in [-0.25, -0.2) is 0 Å². The number of hydrogen-bond acceptors (Lipinski definition) is 6. The fourth-order valence-corrected chi connectivity index (χ4v) is 4.15. The van der Waals surface area contributed by atoms with E-state index in [1.165, 1.54) is 11.1 Å². The maximum absolute atomic E-state index is 5.87. The van der Waals surface area contributed by atoms with E-state index in [1.807, 2.05) is 24.3 Å². The summed E-state index contributed by atoms with van der Waals surface area (Å²) in [6.45, 7) is 6.17. The molecule has 0 saturated heterocycles. The third-order valence-corrected chi connectivity index (χ3v) is 6.05. The van der Waals surface area contributed by atoms with E-state index in [0.717, 1.165) is 70.0 Å². The highest BCUT2D eigenvalue weighted by atomic mass is 32.1. The van der Waals surface area contributed by atoms with Gasteiger partial charge in [0.2, 0.25) is 0 Å². The van der Waals surface area contributed by atoms with Crippen molar-refractivity contribution in [3.05, 3.63) is 59.7 Å². The van der Waals surface area contributed by atoms with Gasteiger partial charge in [-0.2, -0.15) is 0 Å². The molecule has 0 radical (unpaired) electrons. The molecule has 8 nitrogen and oxygen atoms in total. The molecule has 2 aromatic rings. The zero-order valence-electron chi connectivity index (χ0n) is 23.9. The van der Waals surface area contributed by atoms with Crippen LogP contribution in [-0.2, 0) is 13.1 Å². The molecule has 4 N–H and O–H groups in total. The van der Waals surface area contributed by atoms with Crippen LogP contribution >= 0.6 is 24.4 Å². The van der Waals surface area contributed by atoms with Crippen molar-refractivity contribution < 1.29 is 9.47 Å². The van der Waals surface area contributed by atoms with Crippen LogP contribution in [-0.4, -0.2) is 87.6 Å². The van der Waals surface area contributed by atoms with Crippen LogP contribution in [0.3, 0.4) is 0 Å². The van der Waals surface area contributed by atoms with Crippen molar-refractivity contribution in [2.75, 3.05) is 67.6 Å². The van der Waals surface area contributed by atoms with Crippen molar-refractivity contribution >= 4 is 34.7 Å². The Hall–Kier alpha value is -2.66. The maximum Gasteiger partial charge on any atom is 0.166 e. The first-order valence-electron chi connectivity index (χ1n) is 13.6. The summed E-state index contributed by atoms with van der Waals surface area (Å²) in [5.74, 6) is 1.81. The lowest BCUT2D eigenvalue weighted by molar-refractivity contribution is 0.310. The fourth-order valence-electron chi connectivity index (χ4n) is 3.74. The molecule has 39 heavy (non-hydrogen) atoms. The number of thiocarbonyl (C=S) groups is 2. The van der Waals surface area contributed by atoms with Gasteiger partial charge in [-0.1, -0.05) is 24.3 Å². The molecular formula is C29H46N6O2S2. The Morgan fingerprint density at radius 3 is 1.38 bits per heavy atom. The fraction of sp³-hybridized carbons (Fsp3) is 0.517. The van der Waals surface area contributed by atoms with Crippen molar-refractivity contribution in [1.82, 2.24) is 31.1 Å². The topological polar surface area (TPSA) is 73.1 Å². The zero-order chi connectivity index (χ0) is 28.3. The van der Waals surface area contributed by atoms with E-state index in [9.17, 15) is 0 Å². The quantitative estimate of drug-likeness (QED) is 0.157. The molecule has 0 spiro atoms. The Bertz CT molecular complexity index is 912. The van der Waals surface area contributed by atoms with Crippen LogP contribution in [0.5, 0.6) is 11.5 Å². The zero-order valence-corrected chi connectivity index (χ0v) is 25.6. The minimum absolute atomic E-state index is 0.644. The van der Waals surface area contributed by atoms with Crippen molar-refractivity contribution in [2.45, 2.75) is 32.4 Å². The van der Waals surface area contributed by atoms with Crippen LogP contribution in [0, 0.1) is 0 Å². The van der Waals surface area contributed by atoms with E-state index < -0.39 is 0 Å². The molecule has 0 bridgehead atoms. The van der Waals surface area contributed by atoms with E-state index >= 15 is 0 Å². The average Bonchev–Trinajstić information content (AvgIpc) is 2.88. The lowest BCUT2D eigenvalue weighted by Gasteiger charge is -2.13. The predicted octanol–water partition coefficient (Wildman–Crippen LogP) is 3.37. The van der Waals surface area contributed by atoms with Gasteiger partial charge in [0.15, 0.2) is 10.2 Å².